The number of carbonyl (C=O) groups excluding carboxylic acids is 2. The molecule has 0 saturated heterocycles. The van der Waals surface area contributed by atoms with Gasteiger partial charge in [-0.2, -0.15) is 0 Å². The number of rotatable bonds is 10. The van der Waals surface area contributed by atoms with Gasteiger partial charge in [0.05, 0.1) is 7.05 Å². The summed E-state index contributed by atoms with van der Waals surface area (Å²) in [4.78, 5) is 23.6. The van der Waals surface area contributed by atoms with E-state index < -0.39 is 5.97 Å². The lowest BCUT2D eigenvalue weighted by Crippen LogP contribution is -2.46. The SMILES string of the molecule is C[N+](CO)(CO)CO.Cc1cc(CC(=O)[O-])ccc1NC(=O)c1cc(OCc2cccc(Cl)c2)ccc1C. The molecule has 3 aromatic rings. The Labute approximate surface area is 227 Å². The van der Waals surface area contributed by atoms with Crippen molar-refractivity contribution in [3.8, 4) is 5.75 Å². The van der Waals surface area contributed by atoms with Gasteiger partial charge >= 0.3 is 0 Å². The van der Waals surface area contributed by atoms with Gasteiger partial charge in [0.1, 0.15) is 12.4 Å². The van der Waals surface area contributed by atoms with Crippen LogP contribution in [0.25, 0.3) is 0 Å². The summed E-state index contributed by atoms with van der Waals surface area (Å²) in [5.41, 5.74) is 4.25. The van der Waals surface area contributed by atoms with Crippen LogP contribution >= 0.6 is 11.6 Å². The number of quaternary nitrogens is 1. The Bertz CT molecular complexity index is 1240. The van der Waals surface area contributed by atoms with Gasteiger partial charge in [0.2, 0.25) is 0 Å². The number of anilines is 1. The highest BCUT2D eigenvalue weighted by Gasteiger charge is 2.15. The van der Waals surface area contributed by atoms with E-state index in [2.05, 4.69) is 5.32 Å². The Kier molecular flexibility index (Phi) is 11.7. The molecule has 0 aliphatic rings. The molecule has 0 atom stereocenters. The second-order valence-electron chi connectivity index (χ2n) is 9.09. The molecule has 3 aromatic carbocycles. The molecule has 0 radical (unpaired) electrons. The Balaban J connectivity index is 0.000000550. The number of hydrogen-bond acceptors (Lipinski definition) is 7. The van der Waals surface area contributed by atoms with Crippen LogP contribution in [0.1, 0.15) is 32.6 Å². The number of carbonyl (C=O) groups is 2. The second kappa shape index (κ2) is 14.5. The van der Waals surface area contributed by atoms with Crippen LogP contribution in [0.4, 0.5) is 5.69 Å². The lowest BCUT2D eigenvalue weighted by atomic mass is 10.1. The normalized spacial score (nSPS) is 10.8. The van der Waals surface area contributed by atoms with E-state index in [0.29, 0.717) is 34.2 Å². The van der Waals surface area contributed by atoms with Gasteiger partial charge in [-0.25, -0.2) is 0 Å². The van der Waals surface area contributed by atoms with Crippen LogP contribution in [0.3, 0.4) is 0 Å². The van der Waals surface area contributed by atoms with Gasteiger partial charge in [-0.05, 0) is 66.4 Å². The molecule has 0 unspecified atom stereocenters. The monoisotopic (exact) mass is 544 g/mol. The average Bonchev–Trinajstić information content (AvgIpc) is 2.89. The molecule has 3 rings (SSSR count). The van der Waals surface area contributed by atoms with Crippen molar-refractivity contribution in [2.24, 2.45) is 0 Å². The lowest BCUT2D eigenvalue weighted by molar-refractivity contribution is -0.959. The Hall–Kier alpha value is -3.47. The summed E-state index contributed by atoms with van der Waals surface area (Å²) in [5, 5.41) is 39.6. The summed E-state index contributed by atoms with van der Waals surface area (Å²) in [6.45, 7) is 3.27. The van der Waals surface area contributed by atoms with Crippen molar-refractivity contribution in [1.29, 1.82) is 0 Å². The largest absolute Gasteiger partial charge is 0.550 e. The number of aryl methyl sites for hydroxylation is 2. The number of nitrogens with one attached hydrogen (secondary N) is 1. The molecule has 9 nitrogen and oxygen atoms in total. The first-order valence-corrected chi connectivity index (χ1v) is 12.1. The number of carboxylic acids is 1. The smallest absolute Gasteiger partial charge is 0.256 e. The van der Waals surface area contributed by atoms with Crippen LogP contribution in [-0.4, -0.2) is 58.9 Å². The molecule has 0 bridgehead atoms. The topological polar surface area (TPSA) is 139 Å². The zero-order valence-electron chi connectivity index (χ0n) is 21.6. The Morgan fingerprint density at radius 2 is 1.61 bits per heavy atom. The van der Waals surface area contributed by atoms with Crippen molar-refractivity contribution in [3.63, 3.8) is 0 Å². The quantitative estimate of drug-likeness (QED) is 0.227. The number of hydrogen-bond donors (Lipinski definition) is 4. The van der Waals surface area contributed by atoms with E-state index in [9.17, 15) is 14.7 Å². The summed E-state index contributed by atoms with van der Waals surface area (Å²) in [6.07, 6.45) is -0.166. The summed E-state index contributed by atoms with van der Waals surface area (Å²) >= 11 is 6.00. The fourth-order valence-electron chi connectivity index (χ4n) is 3.20. The average molecular weight is 545 g/mol. The first-order valence-electron chi connectivity index (χ1n) is 11.7. The number of aliphatic hydroxyl groups excluding tert-OH is 3. The second-order valence-corrected chi connectivity index (χ2v) is 9.53. The molecule has 0 aromatic heterocycles. The molecule has 0 aliphatic carbocycles. The molecule has 0 aliphatic heterocycles. The third-order valence-electron chi connectivity index (χ3n) is 5.66. The van der Waals surface area contributed by atoms with Crippen molar-refractivity contribution in [2.75, 3.05) is 32.6 Å². The molecule has 204 valence electrons. The zero-order chi connectivity index (χ0) is 28.3. The number of nitrogens with zero attached hydrogens (tertiary/aromatic N) is 1. The van der Waals surface area contributed by atoms with E-state index in [-0.39, 0.29) is 37.0 Å². The third-order valence-corrected chi connectivity index (χ3v) is 5.90. The molecule has 10 heteroatoms. The highest BCUT2D eigenvalue weighted by Crippen LogP contribution is 2.22. The van der Waals surface area contributed by atoms with Gasteiger partial charge in [-0.15, -0.1) is 0 Å². The van der Waals surface area contributed by atoms with Gasteiger partial charge in [0.25, 0.3) is 5.91 Å². The minimum absolute atomic E-state index is 0.125. The van der Waals surface area contributed by atoms with Crippen LogP contribution in [0.15, 0.2) is 60.7 Å². The van der Waals surface area contributed by atoms with Crippen LogP contribution in [0.2, 0.25) is 5.02 Å². The van der Waals surface area contributed by atoms with Crippen LogP contribution in [-0.2, 0) is 17.8 Å². The zero-order valence-corrected chi connectivity index (χ0v) is 22.4. The Morgan fingerprint density at radius 1 is 0.921 bits per heavy atom. The van der Waals surface area contributed by atoms with E-state index >= 15 is 0 Å². The van der Waals surface area contributed by atoms with Crippen LogP contribution in [0, 0.1) is 13.8 Å². The number of carboxylic acid groups (broad SMARTS) is 1. The molecule has 0 spiro atoms. The number of aliphatic carboxylic acids is 1. The lowest BCUT2D eigenvalue weighted by Gasteiger charge is -2.25. The maximum Gasteiger partial charge on any atom is 0.256 e. The minimum atomic E-state index is -1.14. The first-order chi connectivity index (χ1) is 18.0. The van der Waals surface area contributed by atoms with E-state index in [1.54, 1.807) is 37.4 Å². The van der Waals surface area contributed by atoms with Gasteiger partial charge in [0.15, 0.2) is 20.2 Å². The standard InChI is InChI=1S/C24H22ClNO4.C4H12NO3/c1-15-6-8-20(30-14-18-4-3-5-19(25)11-18)13-21(15)24(29)26-22-9-7-17(10-16(22)2)12-23(27)28;1-5(2-6,3-7)4-8/h3-11,13H,12,14H2,1-2H3,(H,26,29)(H,27,28);6-8H,2-4H2,1H3/q;+1/p-1. The van der Waals surface area contributed by atoms with E-state index in [1.807, 2.05) is 44.2 Å². The number of amides is 1. The van der Waals surface area contributed by atoms with E-state index in [4.69, 9.17) is 31.7 Å². The number of benzene rings is 3. The summed E-state index contributed by atoms with van der Waals surface area (Å²) < 4.78 is 5.69. The fourth-order valence-corrected chi connectivity index (χ4v) is 3.41. The first kappa shape index (κ1) is 30.8. The molecule has 0 saturated carbocycles. The molecule has 0 heterocycles. The Morgan fingerprint density at radius 3 is 2.16 bits per heavy atom. The molecule has 0 fully saturated rings. The van der Waals surface area contributed by atoms with Crippen molar-refractivity contribution in [3.05, 3.63) is 93.5 Å². The van der Waals surface area contributed by atoms with Crippen molar-refractivity contribution < 1.29 is 39.2 Å². The minimum Gasteiger partial charge on any atom is -0.550 e. The molecular weight excluding hydrogens is 512 g/mol. The van der Waals surface area contributed by atoms with Crippen molar-refractivity contribution in [1.82, 2.24) is 0 Å². The molecular formula is C28H33ClN2O7. The van der Waals surface area contributed by atoms with Gasteiger partial charge < -0.3 is 35.3 Å². The van der Waals surface area contributed by atoms with Gasteiger partial charge in [-0.3, -0.25) is 9.28 Å². The van der Waals surface area contributed by atoms with Crippen molar-refractivity contribution >= 4 is 29.2 Å². The van der Waals surface area contributed by atoms with Crippen LogP contribution < -0.4 is 15.2 Å². The maximum absolute atomic E-state index is 12.8. The van der Waals surface area contributed by atoms with E-state index in [1.165, 1.54) is 0 Å². The fraction of sp³-hybridized carbons (Fsp3) is 0.286. The van der Waals surface area contributed by atoms with Gasteiger partial charge in [-0.1, -0.05) is 41.9 Å². The van der Waals surface area contributed by atoms with Crippen molar-refractivity contribution in [2.45, 2.75) is 26.9 Å². The highest BCUT2D eigenvalue weighted by atomic mass is 35.5. The predicted molar refractivity (Wildman–Crippen MR) is 142 cm³/mol. The molecule has 1 amide bonds. The summed E-state index contributed by atoms with van der Waals surface area (Å²) in [7, 11) is 1.54. The highest BCUT2D eigenvalue weighted by molar-refractivity contribution is 6.30. The molecule has 4 N–H and O–H groups in total. The van der Waals surface area contributed by atoms with Gasteiger partial charge in [0, 0.05) is 28.7 Å². The number of halogens is 1. The van der Waals surface area contributed by atoms with Crippen LogP contribution in [0.5, 0.6) is 5.75 Å². The number of ether oxygens (including phenoxy) is 1. The maximum atomic E-state index is 12.8. The molecule has 38 heavy (non-hydrogen) atoms. The number of aliphatic hydroxyl groups is 3. The van der Waals surface area contributed by atoms with E-state index in [0.717, 1.165) is 16.7 Å². The predicted octanol–water partition coefficient (Wildman–Crippen LogP) is 2.36. The third kappa shape index (κ3) is 9.44. The summed E-state index contributed by atoms with van der Waals surface area (Å²) in [6, 6.07) is 17.8. The summed E-state index contributed by atoms with van der Waals surface area (Å²) in [5.74, 6) is -0.834.